The summed E-state index contributed by atoms with van der Waals surface area (Å²) in [5.41, 5.74) is 1.80. The molecular weight excluding hydrogens is 325 g/mol. The minimum absolute atomic E-state index is 0.196. The second kappa shape index (κ2) is 6.47. The van der Waals surface area contributed by atoms with Crippen LogP contribution in [0, 0.1) is 5.82 Å². The van der Waals surface area contributed by atoms with Crippen LogP contribution >= 0.6 is 15.9 Å². The molecule has 104 valence electrons. The number of rotatable bonds is 4. The largest absolute Gasteiger partial charge is 0.378 e. The number of carbonyl (C=O) groups is 1. The van der Waals surface area contributed by atoms with E-state index in [1.54, 1.807) is 18.5 Å². The highest BCUT2D eigenvalue weighted by atomic mass is 79.9. The van der Waals surface area contributed by atoms with Crippen LogP contribution in [0.15, 0.2) is 41.1 Å². The van der Waals surface area contributed by atoms with Gasteiger partial charge in [0.1, 0.15) is 5.82 Å². The zero-order valence-corrected chi connectivity index (χ0v) is 12.4. The predicted octanol–water partition coefficient (Wildman–Crippen LogP) is 3.55. The fourth-order valence-electron chi connectivity index (χ4n) is 1.69. The third kappa shape index (κ3) is 4.03. The number of hydrogen-bond donors (Lipinski definition) is 2. The Balaban J connectivity index is 2.10. The molecule has 0 unspecified atom stereocenters. The van der Waals surface area contributed by atoms with Crippen molar-refractivity contribution in [2.24, 2.45) is 0 Å². The second-order valence-corrected chi connectivity index (χ2v) is 5.16. The highest BCUT2D eigenvalue weighted by Gasteiger charge is 2.05. The molecule has 0 bridgehead atoms. The van der Waals surface area contributed by atoms with Crippen LogP contribution in [-0.4, -0.2) is 10.9 Å². The van der Waals surface area contributed by atoms with Gasteiger partial charge in [0.15, 0.2) is 0 Å². The maximum Gasteiger partial charge on any atom is 0.221 e. The van der Waals surface area contributed by atoms with Crippen molar-refractivity contribution < 1.29 is 9.18 Å². The number of nitrogens with zero attached hydrogens (tertiary/aromatic N) is 1. The fourth-order valence-corrected chi connectivity index (χ4v) is 2.10. The number of carbonyl (C=O) groups excluding carboxylic acids is 1. The van der Waals surface area contributed by atoms with Crippen LogP contribution in [0.1, 0.15) is 12.5 Å². The summed E-state index contributed by atoms with van der Waals surface area (Å²) >= 11 is 3.33. The second-order valence-electron chi connectivity index (χ2n) is 4.24. The first-order chi connectivity index (χ1) is 9.54. The summed E-state index contributed by atoms with van der Waals surface area (Å²) in [6.45, 7) is 1.84. The fraction of sp³-hybridized carbons (Fsp3) is 0.143. The number of aromatic nitrogens is 1. The van der Waals surface area contributed by atoms with Gasteiger partial charge in [0.2, 0.25) is 5.91 Å². The molecule has 1 aromatic heterocycles. The van der Waals surface area contributed by atoms with Gasteiger partial charge in [0.05, 0.1) is 5.69 Å². The van der Waals surface area contributed by atoms with Crippen molar-refractivity contribution in [2.75, 3.05) is 10.6 Å². The molecule has 2 aromatic rings. The molecule has 1 heterocycles. The molecule has 4 nitrogen and oxygen atoms in total. The summed E-state index contributed by atoms with van der Waals surface area (Å²) in [6, 6.07) is 6.28. The molecule has 0 aliphatic carbocycles. The minimum Gasteiger partial charge on any atom is -0.378 e. The average Bonchev–Trinajstić information content (AvgIpc) is 2.39. The Morgan fingerprint density at radius 3 is 2.85 bits per heavy atom. The third-order valence-electron chi connectivity index (χ3n) is 2.53. The lowest BCUT2D eigenvalue weighted by Crippen LogP contribution is -2.07. The van der Waals surface area contributed by atoms with E-state index in [1.165, 1.54) is 19.1 Å². The predicted molar refractivity (Wildman–Crippen MR) is 80.0 cm³/mol. The van der Waals surface area contributed by atoms with Gasteiger partial charge in [-0.25, -0.2) is 4.39 Å². The highest BCUT2D eigenvalue weighted by molar-refractivity contribution is 9.10. The van der Waals surface area contributed by atoms with E-state index in [0.717, 1.165) is 10.0 Å². The molecule has 1 amide bonds. The summed E-state index contributed by atoms with van der Waals surface area (Å²) in [4.78, 5) is 15.0. The molecule has 6 heteroatoms. The molecule has 0 saturated heterocycles. The van der Waals surface area contributed by atoms with Crippen molar-refractivity contribution in [3.63, 3.8) is 0 Å². The number of nitrogens with one attached hydrogen (secondary N) is 2. The highest BCUT2D eigenvalue weighted by Crippen LogP contribution is 2.20. The van der Waals surface area contributed by atoms with E-state index in [0.29, 0.717) is 17.9 Å². The van der Waals surface area contributed by atoms with E-state index >= 15 is 0 Å². The summed E-state index contributed by atoms with van der Waals surface area (Å²) < 4.78 is 14.6. The number of halogens is 2. The van der Waals surface area contributed by atoms with Gasteiger partial charge >= 0.3 is 0 Å². The van der Waals surface area contributed by atoms with Crippen LogP contribution < -0.4 is 10.6 Å². The van der Waals surface area contributed by atoms with Crippen molar-refractivity contribution in [1.29, 1.82) is 0 Å². The van der Waals surface area contributed by atoms with E-state index in [1.807, 2.05) is 6.07 Å². The smallest absolute Gasteiger partial charge is 0.221 e. The van der Waals surface area contributed by atoms with E-state index in [9.17, 15) is 9.18 Å². The summed E-state index contributed by atoms with van der Waals surface area (Å²) in [7, 11) is 0. The Morgan fingerprint density at radius 2 is 2.15 bits per heavy atom. The molecular formula is C14H13BrFN3O. The molecule has 0 atom stereocenters. The van der Waals surface area contributed by atoms with Crippen LogP contribution in [0.2, 0.25) is 0 Å². The Labute approximate surface area is 124 Å². The lowest BCUT2D eigenvalue weighted by Gasteiger charge is -2.10. The SMILES string of the molecule is CC(=O)Nc1ccc(F)c(NCc2cncc(Br)c2)c1. The molecule has 0 saturated carbocycles. The zero-order chi connectivity index (χ0) is 14.5. The van der Waals surface area contributed by atoms with E-state index in [2.05, 4.69) is 31.5 Å². The van der Waals surface area contributed by atoms with Crippen LogP contribution in [0.4, 0.5) is 15.8 Å². The first kappa shape index (κ1) is 14.5. The lowest BCUT2D eigenvalue weighted by atomic mass is 10.2. The Morgan fingerprint density at radius 1 is 1.35 bits per heavy atom. The normalized spacial score (nSPS) is 10.2. The number of pyridine rings is 1. The molecule has 0 aliphatic rings. The van der Waals surface area contributed by atoms with Crippen molar-refractivity contribution in [1.82, 2.24) is 4.98 Å². The quantitative estimate of drug-likeness (QED) is 0.896. The zero-order valence-electron chi connectivity index (χ0n) is 10.8. The van der Waals surface area contributed by atoms with Crippen LogP contribution in [0.5, 0.6) is 0 Å². The Bertz CT molecular complexity index is 634. The standard InChI is InChI=1S/C14H13BrFN3O/c1-9(20)19-12-2-3-13(16)14(5-12)18-7-10-4-11(15)8-17-6-10/h2-6,8,18H,7H2,1H3,(H,19,20). The van der Waals surface area contributed by atoms with Crippen molar-refractivity contribution in [3.05, 3.63) is 52.5 Å². The molecule has 2 N–H and O–H groups in total. The van der Waals surface area contributed by atoms with Crippen molar-refractivity contribution in [2.45, 2.75) is 13.5 Å². The number of anilines is 2. The third-order valence-corrected chi connectivity index (χ3v) is 2.96. The van der Waals surface area contributed by atoms with Gasteiger partial charge in [-0.2, -0.15) is 0 Å². The first-order valence-corrected chi connectivity index (χ1v) is 6.74. The van der Waals surface area contributed by atoms with Gasteiger partial charge in [0, 0.05) is 36.0 Å². The summed E-state index contributed by atoms with van der Waals surface area (Å²) in [5, 5.41) is 5.60. The maximum atomic E-state index is 13.7. The molecule has 0 radical (unpaired) electrons. The Hall–Kier alpha value is -1.95. The first-order valence-electron chi connectivity index (χ1n) is 5.95. The van der Waals surface area contributed by atoms with Crippen LogP contribution in [-0.2, 0) is 11.3 Å². The average molecular weight is 338 g/mol. The van der Waals surface area contributed by atoms with Gasteiger partial charge in [-0.3, -0.25) is 9.78 Å². The van der Waals surface area contributed by atoms with Gasteiger partial charge in [-0.15, -0.1) is 0 Å². The topological polar surface area (TPSA) is 54.0 Å². The van der Waals surface area contributed by atoms with Crippen molar-refractivity contribution in [3.8, 4) is 0 Å². The van der Waals surface area contributed by atoms with Gasteiger partial charge in [-0.05, 0) is 45.8 Å². The molecule has 1 aromatic carbocycles. The number of benzene rings is 1. The van der Waals surface area contributed by atoms with Gasteiger partial charge < -0.3 is 10.6 Å². The Kier molecular flexibility index (Phi) is 4.68. The molecule has 20 heavy (non-hydrogen) atoms. The minimum atomic E-state index is -0.373. The van der Waals surface area contributed by atoms with E-state index in [4.69, 9.17) is 0 Å². The monoisotopic (exact) mass is 337 g/mol. The van der Waals surface area contributed by atoms with Gasteiger partial charge in [0.25, 0.3) is 0 Å². The number of amides is 1. The van der Waals surface area contributed by atoms with E-state index < -0.39 is 0 Å². The maximum absolute atomic E-state index is 13.7. The van der Waals surface area contributed by atoms with Crippen LogP contribution in [0.25, 0.3) is 0 Å². The molecule has 0 aliphatic heterocycles. The van der Waals surface area contributed by atoms with E-state index in [-0.39, 0.29) is 11.7 Å². The van der Waals surface area contributed by atoms with Crippen LogP contribution in [0.3, 0.4) is 0 Å². The molecule has 2 rings (SSSR count). The summed E-state index contributed by atoms with van der Waals surface area (Å²) in [6.07, 6.45) is 3.38. The number of hydrogen-bond acceptors (Lipinski definition) is 3. The molecule has 0 fully saturated rings. The summed E-state index contributed by atoms with van der Waals surface area (Å²) in [5.74, 6) is -0.569. The lowest BCUT2D eigenvalue weighted by molar-refractivity contribution is -0.114. The molecule has 0 spiro atoms. The van der Waals surface area contributed by atoms with Gasteiger partial charge in [-0.1, -0.05) is 0 Å². The van der Waals surface area contributed by atoms with Crippen molar-refractivity contribution >= 4 is 33.2 Å².